The minimum Gasteiger partial charge on any atom is -0.381 e. The van der Waals surface area contributed by atoms with Gasteiger partial charge in [-0.2, -0.15) is 0 Å². The van der Waals surface area contributed by atoms with Crippen molar-refractivity contribution in [1.82, 2.24) is 4.90 Å². The van der Waals surface area contributed by atoms with Crippen molar-refractivity contribution in [2.45, 2.75) is 18.9 Å². The maximum Gasteiger partial charge on any atom is 0.259 e. The van der Waals surface area contributed by atoms with E-state index in [1.54, 1.807) is 7.11 Å². The highest BCUT2D eigenvalue weighted by Crippen LogP contribution is 2.24. The molecule has 1 heterocycles. The summed E-state index contributed by atoms with van der Waals surface area (Å²) in [5.41, 5.74) is -0.495. The fourth-order valence-electron chi connectivity index (χ4n) is 2.18. The summed E-state index contributed by atoms with van der Waals surface area (Å²) in [6.07, 6.45) is 1.47. The van der Waals surface area contributed by atoms with Gasteiger partial charge in [0.2, 0.25) is 0 Å². The number of benzene rings is 1. The van der Waals surface area contributed by atoms with E-state index in [1.165, 1.54) is 11.0 Å². The van der Waals surface area contributed by atoms with Crippen LogP contribution in [0.2, 0.25) is 0 Å². The number of likely N-dealkylation sites (tertiary alicyclic amines) is 1. The van der Waals surface area contributed by atoms with E-state index in [-0.39, 0.29) is 10.6 Å². The Morgan fingerprint density at radius 2 is 2.00 bits per heavy atom. The Morgan fingerprint density at radius 1 is 1.37 bits per heavy atom. The van der Waals surface area contributed by atoms with Gasteiger partial charge in [-0.05, 0) is 40.9 Å². The number of ether oxygens (including phenoxy) is 1. The van der Waals surface area contributed by atoms with E-state index in [0.717, 1.165) is 6.07 Å². The molecule has 0 bridgehead atoms. The van der Waals surface area contributed by atoms with Crippen LogP contribution in [0.4, 0.5) is 8.78 Å². The molecule has 0 radical (unpaired) electrons. The predicted octanol–water partition coefficient (Wildman–Crippen LogP) is 2.98. The lowest BCUT2D eigenvalue weighted by molar-refractivity contribution is 0.0346. The quantitative estimate of drug-likeness (QED) is 0.779. The number of nitrogens with zero attached hydrogens (tertiary/aromatic N) is 1. The topological polar surface area (TPSA) is 29.5 Å². The van der Waals surface area contributed by atoms with Gasteiger partial charge in [-0.3, -0.25) is 4.79 Å². The average molecular weight is 334 g/mol. The summed E-state index contributed by atoms with van der Waals surface area (Å²) in [7, 11) is 1.62. The summed E-state index contributed by atoms with van der Waals surface area (Å²) in [4.78, 5) is 13.6. The van der Waals surface area contributed by atoms with Crippen LogP contribution in [-0.2, 0) is 4.74 Å². The van der Waals surface area contributed by atoms with Crippen molar-refractivity contribution >= 4 is 21.8 Å². The van der Waals surface area contributed by atoms with Gasteiger partial charge >= 0.3 is 0 Å². The van der Waals surface area contributed by atoms with Crippen molar-refractivity contribution in [3.05, 3.63) is 33.8 Å². The largest absolute Gasteiger partial charge is 0.381 e. The van der Waals surface area contributed by atoms with Crippen LogP contribution < -0.4 is 0 Å². The maximum atomic E-state index is 13.9. The van der Waals surface area contributed by atoms with Gasteiger partial charge in [-0.25, -0.2) is 8.78 Å². The van der Waals surface area contributed by atoms with Crippen molar-refractivity contribution in [2.24, 2.45) is 0 Å². The number of carbonyl (C=O) groups is 1. The van der Waals surface area contributed by atoms with Crippen LogP contribution in [0.1, 0.15) is 23.2 Å². The summed E-state index contributed by atoms with van der Waals surface area (Å²) in [5, 5.41) is 0. The highest BCUT2D eigenvalue weighted by Gasteiger charge is 2.28. The number of hydrogen-bond acceptors (Lipinski definition) is 2. The molecule has 0 unspecified atom stereocenters. The molecule has 6 heteroatoms. The summed E-state index contributed by atoms with van der Waals surface area (Å²) in [5.74, 6) is -2.29. The second-order valence-electron chi connectivity index (χ2n) is 4.45. The van der Waals surface area contributed by atoms with Crippen molar-refractivity contribution in [3.63, 3.8) is 0 Å². The fraction of sp³-hybridized carbons (Fsp3) is 0.462. The zero-order valence-corrected chi connectivity index (χ0v) is 12.0. The van der Waals surface area contributed by atoms with Crippen molar-refractivity contribution in [2.75, 3.05) is 20.2 Å². The molecule has 1 aliphatic heterocycles. The van der Waals surface area contributed by atoms with E-state index in [1.807, 2.05) is 0 Å². The molecule has 0 atom stereocenters. The summed E-state index contributed by atoms with van der Waals surface area (Å²) in [6, 6.07) is 2.33. The van der Waals surface area contributed by atoms with E-state index in [0.29, 0.717) is 25.9 Å². The third-order valence-electron chi connectivity index (χ3n) is 3.32. The molecule has 0 aromatic heterocycles. The number of piperidine rings is 1. The average Bonchev–Trinajstić information content (AvgIpc) is 2.43. The molecule has 1 aromatic carbocycles. The fourth-order valence-corrected chi connectivity index (χ4v) is 2.51. The SMILES string of the molecule is COC1CCN(C(=O)c2c(F)ccc(Br)c2F)CC1. The van der Waals surface area contributed by atoms with Gasteiger partial charge in [-0.15, -0.1) is 0 Å². The summed E-state index contributed by atoms with van der Waals surface area (Å²) in [6.45, 7) is 0.894. The zero-order valence-electron chi connectivity index (χ0n) is 10.5. The molecule has 1 saturated heterocycles. The zero-order chi connectivity index (χ0) is 14.0. The number of carbonyl (C=O) groups excluding carboxylic acids is 1. The molecule has 3 nitrogen and oxygen atoms in total. The number of amides is 1. The van der Waals surface area contributed by atoms with Crippen LogP contribution in [-0.4, -0.2) is 37.1 Å². The molecule has 0 N–H and O–H groups in total. The molecule has 1 aliphatic rings. The summed E-state index contributed by atoms with van der Waals surface area (Å²) >= 11 is 2.96. The molecular weight excluding hydrogens is 320 g/mol. The third kappa shape index (κ3) is 2.95. The van der Waals surface area contributed by atoms with E-state index in [9.17, 15) is 13.6 Å². The van der Waals surface area contributed by atoms with Crippen molar-refractivity contribution in [3.8, 4) is 0 Å². The van der Waals surface area contributed by atoms with E-state index in [2.05, 4.69) is 15.9 Å². The first-order chi connectivity index (χ1) is 9.04. The molecule has 19 heavy (non-hydrogen) atoms. The van der Waals surface area contributed by atoms with Crippen LogP contribution in [0, 0.1) is 11.6 Å². The highest BCUT2D eigenvalue weighted by molar-refractivity contribution is 9.10. The first-order valence-electron chi connectivity index (χ1n) is 6.00. The molecular formula is C13H14BrF2NO2. The van der Waals surface area contributed by atoms with Crippen LogP contribution >= 0.6 is 15.9 Å². The number of methoxy groups -OCH3 is 1. The Morgan fingerprint density at radius 3 is 2.58 bits per heavy atom. The first-order valence-corrected chi connectivity index (χ1v) is 6.79. The molecule has 104 valence electrons. The molecule has 1 aromatic rings. The minimum atomic E-state index is -0.848. The van der Waals surface area contributed by atoms with Crippen LogP contribution in [0.3, 0.4) is 0 Å². The van der Waals surface area contributed by atoms with Gasteiger partial charge in [0, 0.05) is 20.2 Å². The highest BCUT2D eigenvalue weighted by atomic mass is 79.9. The Hall–Kier alpha value is -1.01. The monoisotopic (exact) mass is 333 g/mol. The Bertz CT molecular complexity index is 488. The van der Waals surface area contributed by atoms with Gasteiger partial charge in [0.1, 0.15) is 11.4 Å². The van der Waals surface area contributed by atoms with Gasteiger partial charge in [0.25, 0.3) is 5.91 Å². The van der Waals surface area contributed by atoms with Gasteiger partial charge in [-0.1, -0.05) is 0 Å². The normalized spacial score (nSPS) is 16.7. The molecule has 0 saturated carbocycles. The second-order valence-corrected chi connectivity index (χ2v) is 5.30. The predicted molar refractivity (Wildman–Crippen MR) is 70.0 cm³/mol. The van der Waals surface area contributed by atoms with Gasteiger partial charge < -0.3 is 9.64 Å². The Labute approximate surface area is 118 Å². The van der Waals surface area contributed by atoms with Gasteiger partial charge in [0.15, 0.2) is 5.82 Å². The van der Waals surface area contributed by atoms with E-state index in [4.69, 9.17) is 4.74 Å². The lowest BCUT2D eigenvalue weighted by atomic mass is 10.1. The third-order valence-corrected chi connectivity index (χ3v) is 3.93. The Balaban J connectivity index is 2.19. The lowest BCUT2D eigenvalue weighted by Gasteiger charge is -2.31. The Kier molecular flexibility index (Phi) is 4.52. The van der Waals surface area contributed by atoms with Crippen molar-refractivity contribution in [1.29, 1.82) is 0 Å². The molecule has 0 spiro atoms. The van der Waals surface area contributed by atoms with E-state index >= 15 is 0 Å². The molecule has 1 fully saturated rings. The molecule has 1 amide bonds. The van der Waals surface area contributed by atoms with Crippen LogP contribution in [0.15, 0.2) is 16.6 Å². The van der Waals surface area contributed by atoms with Gasteiger partial charge in [0.05, 0.1) is 10.6 Å². The summed E-state index contributed by atoms with van der Waals surface area (Å²) < 4.78 is 32.8. The number of rotatable bonds is 2. The van der Waals surface area contributed by atoms with Crippen molar-refractivity contribution < 1.29 is 18.3 Å². The first kappa shape index (κ1) is 14.4. The second kappa shape index (κ2) is 5.96. The lowest BCUT2D eigenvalue weighted by Crippen LogP contribution is -2.41. The molecule has 2 rings (SSSR count). The number of halogens is 3. The standard InChI is InChI=1S/C13H14BrF2NO2/c1-19-8-4-6-17(7-5-8)13(18)11-10(15)3-2-9(14)12(11)16/h2-3,8H,4-7H2,1H3. The minimum absolute atomic E-state index is 0.0871. The smallest absolute Gasteiger partial charge is 0.259 e. The van der Waals surface area contributed by atoms with Crippen LogP contribution in [0.25, 0.3) is 0 Å². The maximum absolute atomic E-state index is 13.9. The van der Waals surface area contributed by atoms with Crippen LogP contribution in [0.5, 0.6) is 0 Å². The number of hydrogen-bond donors (Lipinski definition) is 0. The van der Waals surface area contributed by atoms with E-state index < -0.39 is 23.1 Å². The molecule has 0 aliphatic carbocycles.